The van der Waals surface area contributed by atoms with E-state index in [0.29, 0.717) is 18.9 Å². The molecule has 4 heteroatoms. The Kier molecular flexibility index (Phi) is 6.08. The van der Waals surface area contributed by atoms with Crippen LogP contribution in [0.25, 0.3) is 0 Å². The average Bonchev–Trinajstić information content (AvgIpc) is 2.85. The summed E-state index contributed by atoms with van der Waals surface area (Å²) in [6.45, 7) is 3.62. The summed E-state index contributed by atoms with van der Waals surface area (Å²) in [5, 5.41) is 0. The van der Waals surface area contributed by atoms with Crippen LogP contribution in [0, 0.1) is 5.92 Å². The van der Waals surface area contributed by atoms with E-state index < -0.39 is 0 Å². The molecule has 1 atom stereocenters. The number of piperidine rings is 1. The smallest absolute Gasteiger partial charge is 0.217 e. The van der Waals surface area contributed by atoms with Gasteiger partial charge in [0.15, 0.2) is 0 Å². The number of benzene rings is 2. The number of nitrogens with zero attached hydrogens (tertiary/aromatic N) is 1. The fraction of sp³-hybridized carbons (Fsp3) is 0.458. The third kappa shape index (κ3) is 4.45. The van der Waals surface area contributed by atoms with Gasteiger partial charge in [0.05, 0.1) is 6.61 Å². The number of aryl methyl sites for hydroxylation is 2. The third-order valence-electron chi connectivity index (χ3n) is 6.12. The molecule has 28 heavy (non-hydrogen) atoms. The molecular weight excluding hydrogens is 348 g/mol. The van der Waals surface area contributed by atoms with Crippen LogP contribution >= 0.6 is 0 Å². The minimum atomic E-state index is -0.185. The summed E-state index contributed by atoms with van der Waals surface area (Å²) in [5.74, 6) is 0.209. The van der Waals surface area contributed by atoms with E-state index in [1.165, 1.54) is 22.3 Å². The van der Waals surface area contributed by atoms with Crippen LogP contribution in [0.2, 0.25) is 0 Å². The Labute approximate surface area is 167 Å². The first-order chi connectivity index (χ1) is 13.7. The van der Waals surface area contributed by atoms with E-state index >= 15 is 0 Å². The number of primary amides is 1. The van der Waals surface area contributed by atoms with Crippen molar-refractivity contribution in [3.05, 3.63) is 70.8 Å². The van der Waals surface area contributed by atoms with Gasteiger partial charge in [0.25, 0.3) is 0 Å². The molecule has 2 aromatic carbocycles. The first kappa shape index (κ1) is 19.2. The molecule has 1 aliphatic heterocycles. The van der Waals surface area contributed by atoms with Gasteiger partial charge in [-0.15, -0.1) is 0 Å². The van der Waals surface area contributed by atoms with Crippen molar-refractivity contribution in [1.29, 1.82) is 0 Å². The molecule has 1 unspecified atom stereocenters. The van der Waals surface area contributed by atoms with Gasteiger partial charge in [-0.1, -0.05) is 48.5 Å². The lowest BCUT2D eigenvalue weighted by Gasteiger charge is -2.32. The van der Waals surface area contributed by atoms with Crippen LogP contribution in [-0.4, -0.2) is 37.0 Å². The molecule has 4 nitrogen and oxygen atoms in total. The van der Waals surface area contributed by atoms with Gasteiger partial charge >= 0.3 is 0 Å². The zero-order valence-corrected chi connectivity index (χ0v) is 16.5. The molecule has 2 aromatic rings. The molecule has 0 aromatic heterocycles. The van der Waals surface area contributed by atoms with Gasteiger partial charge in [0.1, 0.15) is 6.10 Å². The van der Waals surface area contributed by atoms with Crippen molar-refractivity contribution >= 4 is 5.91 Å². The predicted octanol–water partition coefficient (Wildman–Crippen LogP) is 3.48. The second-order valence-corrected chi connectivity index (χ2v) is 8.13. The molecule has 4 rings (SSSR count). The van der Waals surface area contributed by atoms with E-state index in [4.69, 9.17) is 10.5 Å². The molecular formula is C24H30N2O2. The molecule has 1 saturated heterocycles. The summed E-state index contributed by atoms with van der Waals surface area (Å²) in [5.41, 5.74) is 10.8. The van der Waals surface area contributed by atoms with E-state index in [0.717, 1.165) is 45.3 Å². The number of ether oxygens (including phenoxy) is 1. The monoisotopic (exact) mass is 378 g/mol. The Hall–Kier alpha value is -2.17. The lowest BCUT2D eigenvalue weighted by atomic mass is 9.94. The zero-order valence-electron chi connectivity index (χ0n) is 16.5. The lowest BCUT2D eigenvalue weighted by molar-refractivity contribution is -0.119. The number of likely N-dealkylation sites (tertiary alicyclic amines) is 1. The average molecular weight is 379 g/mol. The van der Waals surface area contributed by atoms with E-state index in [2.05, 4.69) is 53.4 Å². The van der Waals surface area contributed by atoms with Crippen molar-refractivity contribution in [3.63, 3.8) is 0 Å². The van der Waals surface area contributed by atoms with Crippen LogP contribution < -0.4 is 5.73 Å². The number of fused-ring (bicyclic) bond motifs is 2. The maximum atomic E-state index is 11.2. The summed E-state index contributed by atoms with van der Waals surface area (Å²) in [7, 11) is 0. The van der Waals surface area contributed by atoms with Crippen LogP contribution in [0.1, 0.15) is 47.6 Å². The third-order valence-corrected chi connectivity index (χ3v) is 6.12. The van der Waals surface area contributed by atoms with Crippen LogP contribution in [0.15, 0.2) is 48.5 Å². The van der Waals surface area contributed by atoms with Crippen LogP contribution in [0.4, 0.5) is 0 Å². The minimum absolute atomic E-state index is 0.00103. The molecule has 1 fully saturated rings. The van der Waals surface area contributed by atoms with E-state index in [9.17, 15) is 4.79 Å². The Bertz CT molecular complexity index is 772. The fourth-order valence-electron chi connectivity index (χ4n) is 4.76. The quantitative estimate of drug-likeness (QED) is 0.837. The summed E-state index contributed by atoms with van der Waals surface area (Å²) in [4.78, 5) is 13.7. The number of nitrogens with two attached hydrogens (primary N) is 1. The van der Waals surface area contributed by atoms with Gasteiger partial charge in [-0.25, -0.2) is 0 Å². The van der Waals surface area contributed by atoms with Crippen molar-refractivity contribution in [3.8, 4) is 0 Å². The molecule has 0 bridgehead atoms. The molecule has 0 saturated carbocycles. The second kappa shape index (κ2) is 8.89. The Morgan fingerprint density at radius 1 is 1.04 bits per heavy atom. The summed E-state index contributed by atoms with van der Waals surface area (Å²) in [6, 6.07) is 17.4. The Morgan fingerprint density at radius 2 is 1.68 bits per heavy atom. The first-order valence-electron chi connectivity index (χ1n) is 10.5. The summed E-state index contributed by atoms with van der Waals surface area (Å²) < 4.78 is 6.50. The molecule has 148 valence electrons. The van der Waals surface area contributed by atoms with Crippen LogP contribution in [-0.2, 0) is 22.4 Å². The zero-order chi connectivity index (χ0) is 19.3. The summed E-state index contributed by atoms with van der Waals surface area (Å²) in [6.07, 6.45) is 4.86. The van der Waals surface area contributed by atoms with Crippen LogP contribution in [0.3, 0.4) is 0 Å². The lowest BCUT2D eigenvalue weighted by Crippen LogP contribution is -2.39. The Morgan fingerprint density at radius 3 is 2.32 bits per heavy atom. The Balaban J connectivity index is 1.44. The second-order valence-electron chi connectivity index (χ2n) is 8.13. The van der Waals surface area contributed by atoms with E-state index in [1.54, 1.807) is 0 Å². The van der Waals surface area contributed by atoms with Crippen molar-refractivity contribution < 1.29 is 9.53 Å². The number of carbonyl (C=O) groups excluding carboxylic acids is 1. The summed E-state index contributed by atoms with van der Waals surface area (Å²) >= 11 is 0. The number of hydrogen-bond donors (Lipinski definition) is 1. The van der Waals surface area contributed by atoms with Crippen molar-refractivity contribution in [1.82, 2.24) is 4.90 Å². The molecule has 2 aliphatic rings. The number of amides is 1. The highest BCUT2D eigenvalue weighted by molar-refractivity contribution is 5.74. The van der Waals surface area contributed by atoms with Gasteiger partial charge in [-0.05, 0) is 60.4 Å². The maximum absolute atomic E-state index is 11.2. The largest absolute Gasteiger partial charge is 0.370 e. The highest BCUT2D eigenvalue weighted by Crippen LogP contribution is 2.35. The topological polar surface area (TPSA) is 55.6 Å². The SMILES string of the molecule is NC(=O)CC1CCCN(CCOC2c3ccccc3CCc3ccccc32)C1. The van der Waals surface area contributed by atoms with Crippen molar-refractivity contribution in [2.75, 3.05) is 26.2 Å². The standard InChI is InChI=1S/C24H30N2O2/c25-23(27)16-18-6-5-13-26(17-18)14-15-28-24-21-9-3-1-7-19(21)11-12-20-8-2-4-10-22(20)24/h1-4,7-10,18,24H,5-6,11-17H2,(H2,25,27). The van der Waals surface area contributed by atoms with Gasteiger partial charge in [-0.3, -0.25) is 4.79 Å². The normalized spacial score (nSPS) is 20.2. The number of hydrogen-bond acceptors (Lipinski definition) is 3. The van der Waals surface area contributed by atoms with Crippen molar-refractivity contribution in [2.45, 2.75) is 38.2 Å². The van der Waals surface area contributed by atoms with Gasteiger partial charge in [0, 0.05) is 19.5 Å². The predicted molar refractivity (Wildman–Crippen MR) is 111 cm³/mol. The molecule has 1 heterocycles. The van der Waals surface area contributed by atoms with Crippen molar-refractivity contribution in [2.24, 2.45) is 11.7 Å². The first-order valence-corrected chi connectivity index (χ1v) is 10.5. The highest BCUT2D eigenvalue weighted by atomic mass is 16.5. The molecule has 1 amide bonds. The van der Waals surface area contributed by atoms with E-state index in [1.807, 2.05) is 0 Å². The molecule has 0 spiro atoms. The van der Waals surface area contributed by atoms with Crippen LogP contribution in [0.5, 0.6) is 0 Å². The van der Waals surface area contributed by atoms with Gasteiger partial charge < -0.3 is 15.4 Å². The molecule has 1 aliphatic carbocycles. The number of carbonyl (C=O) groups is 1. The van der Waals surface area contributed by atoms with Gasteiger partial charge in [0.2, 0.25) is 5.91 Å². The fourth-order valence-corrected chi connectivity index (χ4v) is 4.76. The molecule has 0 radical (unpaired) electrons. The number of rotatable bonds is 6. The highest BCUT2D eigenvalue weighted by Gasteiger charge is 2.25. The van der Waals surface area contributed by atoms with E-state index in [-0.39, 0.29) is 12.0 Å². The van der Waals surface area contributed by atoms with Gasteiger partial charge in [-0.2, -0.15) is 0 Å². The molecule has 2 N–H and O–H groups in total. The minimum Gasteiger partial charge on any atom is -0.370 e. The maximum Gasteiger partial charge on any atom is 0.217 e.